The highest BCUT2D eigenvalue weighted by atomic mass is 79.9. The van der Waals surface area contributed by atoms with E-state index in [0.29, 0.717) is 23.2 Å². The standard InChI is InChI=1S/C26H35N5O3.BrH/c1-26(2,3)19-9-15(10-20(28-4)23(19)34-8)22(32)14-31-13-16-11-21(30(6)7)18(25(33)29-5)12-17(16)24(31)27;/h9-12,27-28H,13-14H2,1-8H3,(H,29,33);1H. The van der Waals surface area contributed by atoms with Gasteiger partial charge >= 0.3 is 0 Å². The number of methoxy groups -OCH3 is 1. The first-order valence-electron chi connectivity index (χ1n) is 11.3. The summed E-state index contributed by atoms with van der Waals surface area (Å²) in [4.78, 5) is 29.4. The van der Waals surface area contributed by atoms with Gasteiger partial charge in [-0.15, -0.1) is 17.0 Å². The smallest absolute Gasteiger partial charge is 0.253 e. The minimum absolute atomic E-state index is 0. The Morgan fingerprint density at radius 2 is 1.80 bits per heavy atom. The Labute approximate surface area is 218 Å². The second-order valence-corrected chi connectivity index (χ2v) is 9.73. The quantitative estimate of drug-likeness (QED) is 0.454. The summed E-state index contributed by atoms with van der Waals surface area (Å²) >= 11 is 0. The van der Waals surface area contributed by atoms with Crippen molar-refractivity contribution >= 4 is 45.9 Å². The molecule has 3 N–H and O–H groups in total. The maximum Gasteiger partial charge on any atom is 0.253 e. The monoisotopic (exact) mass is 545 g/mol. The topological polar surface area (TPSA) is 97.8 Å². The van der Waals surface area contributed by atoms with Gasteiger partial charge in [0.1, 0.15) is 11.6 Å². The molecule has 0 saturated heterocycles. The number of fused-ring (bicyclic) bond motifs is 1. The van der Waals surface area contributed by atoms with Crippen molar-refractivity contribution < 1.29 is 14.3 Å². The number of anilines is 2. The van der Waals surface area contributed by atoms with E-state index in [4.69, 9.17) is 10.1 Å². The number of Topliss-reactive ketones (excluding diaryl/α,β-unsaturated/α-hetero) is 1. The van der Waals surface area contributed by atoms with Gasteiger partial charge in [-0.1, -0.05) is 20.8 Å². The van der Waals surface area contributed by atoms with E-state index in [1.165, 1.54) is 0 Å². The van der Waals surface area contributed by atoms with Crippen LogP contribution in [0, 0.1) is 5.41 Å². The number of hydrogen-bond donors (Lipinski definition) is 3. The van der Waals surface area contributed by atoms with E-state index < -0.39 is 0 Å². The summed E-state index contributed by atoms with van der Waals surface area (Å²) in [7, 11) is 8.78. The van der Waals surface area contributed by atoms with Gasteiger partial charge in [0, 0.05) is 57.1 Å². The van der Waals surface area contributed by atoms with Crippen LogP contribution in [0.2, 0.25) is 0 Å². The summed E-state index contributed by atoms with van der Waals surface area (Å²) in [6.45, 7) is 6.75. The molecule has 0 fully saturated rings. The molecular formula is C26H36BrN5O3. The van der Waals surface area contributed by atoms with Crippen molar-refractivity contribution in [2.75, 3.05) is 52.1 Å². The minimum atomic E-state index is -0.220. The van der Waals surface area contributed by atoms with E-state index in [9.17, 15) is 9.59 Å². The zero-order valence-electron chi connectivity index (χ0n) is 21.8. The lowest BCUT2D eigenvalue weighted by Crippen LogP contribution is -2.30. The maximum absolute atomic E-state index is 13.4. The number of hydrogen-bond acceptors (Lipinski definition) is 6. The van der Waals surface area contributed by atoms with Gasteiger partial charge in [0.2, 0.25) is 0 Å². The zero-order chi connectivity index (χ0) is 25.4. The second kappa shape index (κ2) is 10.7. The van der Waals surface area contributed by atoms with Crippen molar-refractivity contribution in [3.63, 3.8) is 0 Å². The number of ether oxygens (including phenoxy) is 1. The van der Waals surface area contributed by atoms with E-state index in [0.717, 1.165) is 28.3 Å². The summed E-state index contributed by atoms with van der Waals surface area (Å²) in [5.41, 5.74) is 4.94. The van der Waals surface area contributed by atoms with Gasteiger partial charge in [0.15, 0.2) is 5.78 Å². The summed E-state index contributed by atoms with van der Waals surface area (Å²) in [5.74, 6) is 0.686. The fraction of sp³-hybridized carbons (Fsp3) is 0.423. The minimum Gasteiger partial charge on any atom is -0.494 e. The number of nitrogens with one attached hydrogen (secondary N) is 3. The molecule has 1 amide bonds. The fourth-order valence-electron chi connectivity index (χ4n) is 4.28. The molecule has 1 heterocycles. The first-order chi connectivity index (χ1) is 15.9. The van der Waals surface area contributed by atoms with E-state index in [1.54, 1.807) is 38.2 Å². The Morgan fingerprint density at radius 3 is 2.31 bits per heavy atom. The van der Waals surface area contributed by atoms with Crippen LogP contribution in [0.5, 0.6) is 5.75 Å². The van der Waals surface area contributed by atoms with Crippen molar-refractivity contribution in [3.8, 4) is 5.75 Å². The van der Waals surface area contributed by atoms with Gasteiger partial charge in [-0.2, -0.15) is 0 Å². The number of carbonyl (C=O) groups is 2. The van der Waals surface area contributed by atoms with Crippen LogP contribution in [0.4, 0.5) is 11.4 Å². The van der Waals surface area contributed by atoms with Gasteiger partial charge in [0.25, 0.3) is 5.91 Å². The number of nitrogens with zero attached hydrogens (tertiary/aromatic N) is 2. The summed E-state index contributed by atoms with van der Waals surface area (Å²) in [5, 5.41) is 14.5. The lowest BCUT2D eigenvalue weighted by Gasteiger charge is -2.25. The number of carbonyl (C=O) groups excluding carboxylic acids is 2. The molecule has 2 aromatic carbocycles. The Bertz CT molecular complexity index is 1150. The van der Waals surface area contributed by atoms with E-state index in [1.807, 2.05) is 31.1 Å². The lowest BCUT2D eigenvalue weighted by molar-refractivity contribution is 0.0955. The number of halogens is 1. The molecule has 35 heavy (non-hydrogen) atoms. The highest BCUT2D eigenvalue weighted by molar-refractivity contribution is 8.93. The van der Waals surface area contributed by atoms with Gasteiger partial charge in [0.05, 0.1) is 24.9 Å². The molecule has 0 unspecified atom stereocenters. The van der Waals surface area contributed by atoms with E-state index in [-0.39, 0.29) is 46.5 Å². The molecular weight excluding hydrogens is 510 g/mol. The van der Waals surface area contributed by atoms with Crippen LogP contribution in [0.1, 0.15) is 58.2 Å². The molecule has 9 heteroatoms. The molecule has 8 nitrogen and oxygen atoms in total. The highest BCUT2D eigenvalue weighted by Gasteiger charge is 2.30. The third-order valence-corrected chi connectivity index (χ3v) is 6.13. The van der Waals surface area contributed by atoms with Crippen LogP contribution in [0.3, 0.4) is 0 Å². The first-order valence-corrected chi connectivity index (χ1v) is 11.3. The molecule has 3 rings (SSSR count). The van der Waals surface area contributed by atoms with Gasteiger partial charge < -0.3 is 25.2 Å². The van der Waals surface area contributed by atoms with Crippen LogP contribution in [0.15, 0.2) is 24.3 Å². The maximum atomic E-state index is 13.4. The van der Waals surface area contributed by atoms with Crippen LogP contribution >= 0.6 is 17.0 Å². The Balaban J connectivity index is 0.00000432. The molecule has 0 spiro atoms. The van der Waals surface area contributed by atoms with E-state index in [2.05, 4.69) is 31.4 Å². The molecule has 190 valence electrons. The van der Waals surface area contributed by atoms with Crippen molar-refractivity contribution in [2.45, 2.75) is 32.7 Å². The van der Waals surface area contributed by atoms with Gasteiger partial charge in [-0.05, 0) is 35.2 Å². The number of rotatable bonds is 7. The van der Waals surface area contributed by atoms with Crippen LogP contribution < -0.4 is 20.3 Å². The molecule has 0 atom stereocenters. The average molecular weight is 547 g/mol. The predicted octanol–water partition coefficient (Wildman–Crippen LogP) is 4.06. The Morgan fingerprint density at radius 1 is 1.14 bits per heavy atom. The van der Waals surface area contributed by atoms with Crippen LogP contribution in [0.25, 0.3) is 0 Å². The lowest BCUT2D eigenvalue weighted by atomic mass is 9.84. The molecule has 0 aromatic heterocycles. The average Bonchev–Trinajstić information content (AvgIpc) is 3.10. The SMILES string of the molecule is Br.CNC(=O)c1cc2c(cc1N(C)C)CN(CC(=O)c1cc(NC)c(OC)c(C(C)(C)C)c1)C2=N. The molecule has 1 aliphatic rings. The summed E-state index contributed by atoms with van der Waals surface area (Å²) in [6.07, 6.45) is 0. The molecule has 0 saturated carbocycles. The number of benzene rings is 2. The van der Waals surface area contributed by atoms with Gasteiger partial charge in [-0.3, -0.25) is 15.0 Å². The van der Waals surface area contributed by atoms with Crippen molar-refractivity contribution in [1.82, 2.24) is 10.2 Å². The van der Waals surface area contributed by atoms with Crippen LogP contribution in [-0.4, -0.2) is 64.3 Å². The number of ketones is 1. The van der Waals surface area contributed by atoms with Crippen molar-refractivity contribution in [3.05, 3.63) is 52.1 Å². The third-order valence-electron chi connectivity index (χ3n) is 6.13. The largest absolute Gasteiger partial charge is 0.494 e. The molecule has 0 bridgehead atoms. The van der Waals surface area contributed by atoms with E-state index >= 15 is 0 Å². The third kappa shape index (κ3) is 5.45. The number of amidine groups is 1. The summed E-state index contributed by atoms with van der Waals surface area (Å²) in [6, 6.07) is 7.38. The van der Waals surface area contributed by atoms with Crippen molar-refractivity contribution in [2.24, 2.45) is 0 Å². The second-order valence-electron chi connectivity index (χ2n) is 9.73. The molecule has 0 radical (unpaired) electrons. The normalized spacial score (nSPS) is 12.6. The zero-order valence-corrected chi connectivity index (χ0v) is 23.5. The predicted molar refractivity (Wildman–Crippen MR) is 147 cm³/mol. The summed E-state index contributed by atoms with van der Waals surface area (Å²) < 4.78 is 5.64. The van der Waals surface area contributed by atoms with Crippen LogP contribution in [-0.2, 0) is 12.0 Å². The highest BCUT2D eigenvalue weighted by Crippen LogP contribution is 2.38. The Kier molecular flexibility index (Phi) is 8.60. The Hall–Kier alpha value is -3.07. The number of amides is 1. The molecule has 2 aromatic rings. The fourth-order valence-corrected chi connectivity index (χ4v) is 4.28. The van der Waals surface area contributed by atoms with Gasteiger partial charge in [-0.25, -0.2) is 0 Å². The molecule has 0 aliphatic carbocycles. The molecule has 1 aliphatic heterocycles. The van der Waals surface area contributed by atoms with Crippen molar-refractivity contribution in [1.29, 1.82) is 5.41 Å². The first kappa shape index (κ1) is 28.2.